The Kier molecular flexibility index (Phi) is 7.93. The minimum Gasteiger partial charge on any atom is -0.382 e. The second-order valence-electron chi connectivity index (χ2n) is 10.1. The maximum atomic E-state index is 13.1. The highest BCUT2D eigenvalue weighted by molar-refractivity contribution is 5.97. The summed E-state index contributed by atoms with van der Waals surface area (Å²) in [5.74, 6) is -0.0406. The molecule has 0 fully saturated rings. The van der Waals surface area contributed by atoms with Crippen LogP contribution in [0.1, 0.15) is 41.0 Å². The molecule has 0 aliphatic carbocycles. The Labute approximate surface area is 223 Å². The third-order valence-electron chi connectivity index (χ3n) is 6.33. The number of pyridine rings is 2. The quantitative estimate of drug-likeness (QED) is 0.317. The van der Waals surface area contributed by atoms with Crippen molar-refractivity contribution in [1.29, 1.82) is 5.26 Å². The first kappa shape index (κ1) is 26.6. The summed E-state index contributed by atoms with van der Waals surface area (Å²) in [7, 11) is 4.07. The number of carbonyl (C=O) groups is 1. The zero-order valence-corrected chi connectivity index (χ0v) is 22.4. The van der Waals surface area contributed by atoms with E-state index in [4.69, 9.17) is 0 Å². The van der Waals surface area contributed by atoms with Crippen molar-refractivity contribution < 1.29 is 4.79 Å². The van der Waals surface area contributed by atoms with Crippen molar-refractivity contribution >= 4 is 11.5 Å². The van der Waals surface area contributed by atoms with Crippen molar-refractivity contribution in [1.82, 2.24) is 29.9 Å². The van der Waals surface area contributed by atoms with Gasteiger partial charge in [-0.05, 0) is 64.2 Å². The Balaban J connectivity index is 1.53. The fourth-order valence-electron chi connectivity index (χ4n) is 3.94. The number of likely N-dealkylation sites (N-methyl/N-ethyl adjacent to an activating group) is 1. The van der Waals surface area contributed by atoms with Crippen LogP contribution in [0.3, 0.4) is 0 Å². The van der Waals surface area contributed by atoms with E-state index in [1.807, 2.05) is 65.3 Å². The molecule has 0 amide bonds. The zero-order valence-electron chi connectivity index (χ0n) is 22.4. The fourth-order valence-corrected chi connectivity index (χ4v) is 3.94. The second kappa shape index (κ2) is 11.3. The number of nitrogens with one attached hydrogen (secondary N) is 1. The number of Topliss-reactive ketones (excluding diaryl/α,β-unsaturated/α-hetero) is 1. The van der Waals surface area contributed by atoms with Crippen LogP contribution in [0.2, 0.25) is 0 Å². The number of hydrogen-bond acceptors (Lipinski definition) is 8. The first-order chi connectivity index (χ1) is 18.2. The molecule has 0 saturated carbocycles. The summed E-state index contributed by atoms with van der Waals surface area (Å²) < 4.78 is 1.67. The minimum absolute atomic E-state index is 0.0406. The average molecular weight is 509 g/mol. The third-order valence-corrected chi connectivity index (χ3v) is 6.33. The van der Waals surface area contributed by atoms with Crippen molar-refractivity contribution in [2.75, 3.05) is 32.5 Å². The number of anilines is 1. The van der Waals surface area contributed by atoms with Crippen molar-refractivity contribution in [3.8, 4) is 23.0 Å². The molecule has 0 aliphatic rings. The predicted octanol–water partition coefficient (Wildman–Crippen LogP) is 4.23. The highest BCUT2D eigenvalue weighted by atomic mass is 16.1. The van der Waals surface area contributed by atoms with Crippen LogP contribution in [-0.4, -0.2) is 62.8 Å². The lowest BCUT2D eigenvalue weighted by Crippen LogP contribution is -2.20. The Hall–Kier alpha value is -4.42. The van der Waals surface area contributed by atoms with E-state index in [1.165, 1.54) is 0 Å². The van der Waals surface area contributed by atoms with Gasteiger partial charge in [-0.25, -0.2) is 4.68 Å². The van der Waals surface area contributed by atoms with Crippen molar-refractivity contribution in [2.45, 2.75) is 32.6 Å². The maximum absolute atomic E-state index is 13.1. The lowest BCUT2D eigenvalue weighted by molar-refractivity contribution is 0.0992. The van der Waals surface area contributed by atoms with Gasteiger partial charge in [0.1, 0.15) is 5.69 Å². The van der Waals surface area contributed by atoms with Gasteiger partial charge >= 0.3 is 0 Å². The number of rotatable bonds is 10. The molecule has 0 atom stereocenters. The van der Waals surface area contributed by atoms with Crippen molar-refractivity contribution in [3.05, 3.63) is 83.6 Å². The molecule has 0 saturated heterocycles. The summed E-state index contributed by atoms with van der Waals surface area (Å²) in [5, 5.41) is 21.5. The van der Waals surface area contributed by atoms with E-state index in [1.54, 1.807) is 35.4 Å². The Morgan fingerprint density at radius 2 is 1.97 bits per heavy atom. The van der Waals surface area contributed by atoms with Gasteiger partial charge in [-0.3, -0.25) is 14.8 Å². The van der Waals surface area contributed by atoms with E-state index in [0.29, 0.717) is 11.3 Å². The molecule has 0 bridgehead atoms. The molecule has 4 aromatic rings. The lowest BCUT2D eigenvalue weighted by Gasteiger charge is -2.16. The molecular formula is C29H32N8O. The molecule has 1 aromatic carbocycles. The number of nitrogens with zero attached hydrogens (tertiary/aromatic N) is 7. The molecule has 3 heterocycles. The first-order valence-corrected chi connectivity index (χ1v) is 12.4. The molecule has 0 aliphatic heterocycles. The SMILES string of the molecule is Cc1ncc(CC(=O)c2cccc(C(C)(C)C#N)c2)cc1-n1cc(-c2cncc(NCCN(C)C)c2)nn1. The highest BCUT2D eigenvalue weighted by Crippen LogP contribution is 2.24. The van der Waals surface area contributed by atoms with Crippen LogP contribution in [0.15, 0.2) is 61.2 Å². The topological polar surface area (TPSA) is 113 Å². The number of ketones is 1. The van der Waals surface area contributed by atoms with Crippen molar-refractivity contribution in [3.63, 3.8) is 0 Å². The standard InChI is InChI=1S/C29H32N8O/c1-20-27(37-18-26(34-35-37)23-14-25(17-31-16-23)32-9-10-36(4)5)11-21(15-33-20)12-28(38)22-7-6-8-24(13-22)29(2,3)19-30/h6-8,11,13-18,32H,9-10,12H2,1-5H3. The summed E-state index contributed by atoms with van der Waals surface area (Å²) >= 11 is 0. The molecule has 4 rings (SSSR count). The fraction of sp³-hybridized carbons (Fsp3) is 0.310. The number of hydrogen-bond donors (Lipinski definition) is 1. The normalized spacial score (nSPS) is 11.4. The van der Waals surface area contributed by atoms with Gasteiger partial charge in [0.2, 0.25) is 0 Å². The van der Waals surface area contributed by atoms with E-state index in [2.05, 4.69) is 36.6 Å². The monoisotopic (exact) mass is 508 g/mol. The Morgan fingerprint density at radius 3 is 2.74 bits per heavy atom. The van der Waals surface area contributed by atoms with Gasteiger partial charge < -0.3 is 10.2 Å². The van der Waals surface area contributed by atoms with Crippen molar-refractivity contribution in [2.24, 2.45) is 0 Å². The van der Waals surface area contributed by atoms with Gasteiger partial charge in [-0.15, -0.1) is 5.10 Å². The summed E-state index contributed by atoms with van der Waals surface area (Å²) in [4.78, 5) is 24.0. The number of aromatic nitrogens is 5. The predicted molar refractivity (Wildman–Crippen MR) is 147 cm³/mol. The molecule has 1 N–H and O–H groups in total. The number of carbonyl (C=O) groups excluding carboxylic acids is 1. The number of benzene rings is 1. The van der Waals surface area contributed by atoms with Crippen LogP contribution < -0.4 is 5.32 Å². The third kappa shape index (κ3) is 6.28. The highest BCUT2D eigenvalue weighted by Gasteiger charge is 2.21. The second-order valence-corrected chi connectivity index (χ2v) is 10.1. The van der Waals surface area contributed by atoms with E-state index >= 15 is 0 Å². The van der Waals surface area contributed by atoms with Crippen LogP contribution in [0, 0.1) is 18.3 Å². The molecule has 9 nitrogen and oxygen atoms in total. The van der Waals surface area contributed by atoms with E-state index in [0.717, 1.165) is 46.8 Å². The summed E-state index contributed by atoms with van der Waals surface area (Å²) in [6.07, 6.45) is 7.28. The summed E-state index contributed by atoms with van der Waals surface area (Å²) in [5.41, 5.74) is 5.46. The first-order valence-electron chi connectivity index (χ1n) is 12.4. The molecule has 38 heavy (non-hydrogen) atoms. The lowest BCUT2D eigenvalue weighted by atomic mass is 9.85. The Bertz CT molecular complexity index is 1480. The largest absolute Gasteiger partial charge is 0.382 e. The molecular weight excluding hydrogens is 476 g/mol. The molecule has 194 valence electrons. The molecule has 9 heteroatoms. The number of aryl methyl sites for hydroxylation is 1. The van der Waals surface area contributed by atoms with Crippen LogP contribution in [-0.2, 0) is 11.8 Å². The van der Waals surface area contributed by atoms with Gasteiger partial charge in [0.05, 0.1) is 34.7 Å². The average Bonchev–Trinajstić information content (AvgIpc) is 3.40. The molecule has 3 aromatic heterocycles. The zero-order chi connectivity index (χ0) is 27.3. The smallest absolute Gasteiger partial charge is 0.167 e. The van der Waals surface area contributed by atoms with Crippen LogP contribution in [0.25, 0.3) is 16.9 Å². The number of nitriles is 1. The van der Waals surface area contributed by atoms with Crippen LogP contribution in [0.4, 0.5) is 5.69 Å². The molecule has 0 unspecified atom stereocenters. The molecule has 0 spiro atoms. The van der Waals surface area contributed by atoms with Gasteiger partial charge in [-0.1, -0.05) is 23.4 Å². The van der Waals surface area contributed by atoms with Gasteiger partial charge in [0.25, 0.3) is 0 Å². The van der Waals surface area contributed by atoms with E-state index in [9.17, 15) is 10.1 Å². The van der Waals surface area contributed by atoms with Crippen LogP contribution in [0.5, 0.6) is 0 Å². The molecule has 0 radical (unpaired) electrons. The van der Waals surface area contributed by atoms with E-state index < -0.39 is 5.41 Å². The van der Waals surface area contributed by atoms with Crippen LogP contribution >= 0.6 is 0 Å². The van der Waals surface area contributed by atoms with Gasteiger partial charge in [0, 0.05) is 49.2 Å². The summed E-state index contributed by atoms with van der Waals surface area (Å²) in [6.45, 7) is 7.29. The Morgan fingerprint density at radius 1 is 1.16 bits per heavy atom. The summed E-state index contributed by atoms with van der Waals surface area (Å²) in [6, 6.07) is 13.5. The minimum atomic E-state index is -0.670. The van der Waals surface area contributed by atoms with E-state index in [-0.39, 0.29) is 12.2 Å². The van der Waals surface area contributed by atoms with Gasteiger partial charge in [-0.2, -0.15) is 5.26 Å². The maximum Gasteiger partial charge on any atom is 0.167 e. The van der Waals surface area contributed by atoms with Gasteiger partial charge in [0.15, 0.2) is 5.78 Å².